The topological polar surface area (TPSA) is 50.3 Å². The molecule has 0 unspecified atom stereocenters. The highest BCUT2D eigenvalue weighted by Gasteiger charge is 2.32. The van der Waals surface area contributed by atoms with Crippen LogP contribution in [0.5, 0.6) is 0 Å². The number of pyridine rings is 1. The third-order valence-corrected chi connectivity index (χ3v) is 6.96. The van der Waals surface area contributed by atoms with Crippen LogP contribution in [0.25, 0.3) is 10.9 Å². The van der Waals surface area contributed by atoms with Crippen LogP contribution in [0.2, 0.25) is 0 Å². The molecule has 0 saturated carbocycles. The van der Waals surface area contributed by atoms with E-state index in [1.165, 1.54) is 4.31 Å². The zero-order chi connectivity index (χ0) is 19.4. The van der Waals surface area contributed by atoms with Gasteiger partial charge in [-0.25, -0.2) is 17.7 Å². The van der Waals surface area contributed by atoms with E-state index in [-0.39, 0.29) is 5.41 Å². The van der Waals surface area contributed by atoms with Crippen LogP contribution in [0.4, 0.5) is 5.82 Å². The van der Waals surface area contributed by atoms with Crippen LogP contribution >= 0.6 is 0 Å². The van der Waals surface area contributed by atoms with Crippen LogP contribution in [0.15, 0.2) is 53.4 Å². The van der Waals surface area contributed by atoms with Crippen molar-refractivity contribution in [3.8, 4) is 0 Å². The molecular formula is C22H24N2O2S. The number of aromatic nitrogens is 1. The monoisotopic (exact) mass is 380 g/mol. The zero-order valence-electron chi connectivity index (χ0n) is 16.2. The summed E-state index contributed by atoms with van der Waals surface area (Å²) < 4.78 is 27.9. The van der Waals surface area contributed by atoms with Gasteiger partial charge in [0.2, 0.25) is 0 Å². The number of hydrogen-bond acceptors (Lipinski definition) is 3. The Labute approximate surface area is 160 Å². The fourth-order valence-corrected chi connectivity index (χ4v) is 4.98. The van der Waals surface area contributed by atoms with Crippen molar-refractivity contribution in [3.63, 3.8) is 0 Å². The highest BCUT2D eigenvalue weighted by Crippen LogP contribution is 2.34. The molecule has 0 saturated heterocycles. The molecule has 1 aliphatic rings. The van der Waals surface area contributed by atoms with E-state index in [0.717, 1.165) is 27.6 Å². The Bertz CT molecular complexity index is 1130. The van der Waals surface area contributed by atoms with Gasteiger partial charge in [0.05, 0.1) is 10.4 Å². The average molecular weight is 381 g/mol. The lowest BCUT2D eigenvalue weighted by molar-refractivity contribution is 0.585. The molecule has 4 rings (SSSR count). The van der Waals surface area contributed by atoms with Crippen LogP contribution in [-0.2, 0) is 21.9 Å². The quantitative estimate of drug-likeness (QED) is 0.653. The van der Waals surface area contributed by atoms with Crippen molar-refractivity contribution in [2.75, 3.05) is 10.8 Å². The van der Waals surface area contributed by atoms with Crippen molar-refractivity contribution in [1.82, 2.24) is 4.98 Å². The predicted octanol–water partition coefficient (Wildman–Crippen LogP) is 4.59. The molecule has 0 radical (unpaired) electrons. The highest BCUT2D eigenvalue weighted by molar-refractivity contribution is 7.92. The summed E-state index contributed by atoms with van der Waals surface area (Å²) in [6, 6.07) is 15.4. The van der Waals surface area contributed by atoms with Gasteiger partial charge in [-0.1, -0.05) is 45.0 Å². The van der Waals surface area contributed by atoms with E-state index in [4.69, 9.17) is 4.98 Å². The summed E-state index contributed by atoms with van der Waals surface area (Å²) in [5, 5.41) is 1.05. The third-order valence-electron chi connectivity index (χ3n) is 5.16. The maximum Gasteiger partial charge on any atom is 0.265 e. The lowest BCUT2D eigenvalue weighted by atomic mass is 9.87. The smallest absolute Gasteiger partial charge is 0.249 e. The molecule has 27 heavy (non-hydrogen) atoms. The summed E-state index contributed by atoms with van der Waals surface area (Å²) in [7, 11) is -3.62. The molecule has 140 valence electrons. The molecule has 2 heterocycles. The van der Waals surface area contributed by atoms with Gasteiger partial charge in [-0.15, -0.1) is 0 Å². The number of benzene rings is 2. The van der Waals surface area contributed by atoms with Crippen molar-refractivity contribution in [1.29, 1.82) is 0 Å². The molecule has 0 amide bonds. The van der Waals surface area contributed by atoms with Crippen molar-refractivity contribution >= 4 is 26.7 Å². The Morgan fingerprint density at radius 3 is 2.37 bits per heavy atom. The van der Waals surface area contributed by atoms with Crippen molar-refractivity contribution in [3.05, 3.63) is 65.2 Å². The highest BCUT2D eigenvalue weighted by atomic mass is 32.2. The summed E-state index contributed by atoms with van der Waals surface area (Å²) in [5.41, 5.74) is 4.03. The van der Waals surface area contributed by atoms with Crippen LogP contribution in [0.1, 0.15) is 37.5 Å². The average Bonchev–Trinajstić information content (AvgIpc) is 3.02. The van der Waals surface area contributed by atoms with Gasteiger partial charge in [-0.3, -0.25) is 0 Å². The first-order chi connectivity index (χ1) is 12.7. The second-order valence-corrected chi connectivity index (χ2v) is 10.1. The summed E-state index contributed by atoms with van der Waals surface area (Å²) in [4.78, 5) is 5.01. The Balaban J connectivity index is 1.76. The van der Waals surface area contributed by atoms with Gasteiger partial charge in [-0.05, 0) is 59.7 Å². The Morgan fingerprint density at radius 2 is 1.70 bits per heavy atom. The number of anilines is 1. The molecule has 1 aliphatic heterocycles. The van der Waals surface area contributed by atoms with E-state index in [1.54, 1.807) is 12.1 Å². The standard InChI is InChI=1S/C22H24N2O2S/c1-15-5-6-16-14-17-11-12-24(21(17)23-20(16)13-15)27(25,26)19-9-7-18(8-10-19)22(2,3)4/h5-10,13-14H,11-12H2,1-4H3. The number of rotatable bonds is 2. The molecule has 0 N–H and O–H groups in total. The number of fused-ring (bicyclic) bond motifs is 2. The van der Waals surface area contributed by atoms with Gasteiger partial charge in [-0.2, -0.15) is 0 Å². The maximum atomic E-state index is 13.2. The molecule has 0 aliphatic carbocycles. The first-order valence-corrected chi connectivity index (χ1v) is 10.6. The Hall–Kier alpha value is -2.40. The van der Waals surface area contributed by atoms with E-state index in [9.17, 15) is 8.42 Å². The molecule has 5 heteroatoms. The van der Waals surface area contributed by atoms with Gasteiger partial charge in [0, 0.05) is 11.9 Å². The van der Waals surface area contributed by atoms with Crippen LogP contribution in [0.3, 0.4) is 0 Å². The Morgan fingerprint density at radius 1 is 1.00 bits per heavy atom. The fourth-order valence-electron chi connectivity index (χ4n) is 3.53. The van der Waals surface area contributed by atoms with Gasteiger partial charge >= 0.3 is 0 Å². The van der Waals surface area contributed by atoms with Gasteiger partial charge in [0.15, 0.2) is 0 Å². The second kappa shape index (κ2) is 6.06. The van der Waals surface area contributed by atoms with E-state index in [2.05, 4.69) is 32.9 Å². The summed E-state index contributed by atoms with van der Waals surface area (Å²) in [6.45, 7) is 8.79. The largest absolute Gasteiger partial charge is 0.265 e. The molecule has 0 atom stereocenters. The minimum Gasteiger partial charge on any atom is -0.249 e. The number of hydrogen-bond donors (Lipinski definition) is 0. The number of sulfonamides is 1. The fraction of sp³-hybridized carbons (Fsp3) is 0.318. The lowest BCUT2D eigenvalue weighted by Crippen LogP contribution is -2.29. The van der Waals surface area contributed by atoms with Crippen LogP contribution in [0, 0.1) is 6.92 Å². The van der Waals surface area contributed by atoms with Crippen molar-refractivity contribution < 1.29 is 8.42 Å². The van der Waals surface area contributed by atoms with E-state index < -0.39 is 10.0 Å². The molecule has 1 aromatic heterocycles. The van der Waals surface area contributed by atoms with Crippen LogP contribution in [-0.4, -0.2) is 19.9 Å². The van der Waals surface area contributed by atoms with E-state index >= 15 is 0 Å². The molecular weight excluding hydrogens is 356 g/mol. The van der Waals surface area contributed by atoms with Crippen molar-refractivity contribution in [2.24, 2.45) is 0 Å². The minimum absolute atomic E-state index is 0.0130. The minimum atomic E-state index is -3.62. The second-order valence-electron chi connectivity index (χ2n) is 8.27. The summed E-state index contributed by atoms with van der Waals surface area (Å²) >= 11 is 0. The Kier molecular flexibility index (Phi) is 4.04. The molecule has 4 nitrogen and oxygen atoms in total. The van der Waals surface area contributed by atoms with E-state index in [1.807, 2.05) is 31.2 Å². The summed E-state index contributed by atoms with van der Waals surface area (Å²) in [5.74, 6) is 0.563. The SMILES string of the molecule is Cc1ccc2cc3c(nc2c1)N(S(=O)(=O)c1ccc(C(C)(C)C)cc1)CC3. The zero-order valence-corrected chi connectivity index (χ0v) is 17.0. The first-order valence-electron chi connectivity index (χ1n) is 9.20. The number of nitrogens with zero attached hydrogens (tertiary/aromatic N) is 2. The lowest BCUT2D eigenvalue weighted by Gasteiger charge is -2.21. The third kappa shape index (κ3) is 3.10. The van der Waals surface area contributed by atoms with Crippen LogP contribution < -0.4 is 4.31 Å². The molecule has 0 spiro atoms. The molecule has 0 fully saturated rings. The van der Waals surface area contributed by atoms with Crippen molar-refractivity contribution in [2.45, 2.75) is 44.4 Å². The van der Waals surface area contributed by atoms with Gasteiger partial charge < -0.3 is 0 Å². The number of aryl methyl sites for hydroxylation is 1. The molecule has 2 aromatic carbocycles. The predicted molar refractivity (Wildman–Crippen MR) is 110 cm³/mol. The normalized spacial score (nSPS) is 14.6. The van der Waals surface area contributed by atoms with Gasteiger partial charge in [0.25, 0.3) is 10.0 Å². The first kappa shape index (κ1) is 18.0. The van der Waals surface area contributed by atoms with E-state index in [0.29, 0.717) is 23.7 Å². The maximum absolute atomic E-state index is 13.2. The molecule has 3 aromatic rings. The summed E-state index contributed by atoms with van der Waals surface area (Å²) in [6.07, 6.45) is 0.686. The molecule has 0 bridgehead atoms. The van der Waals surface area contributed by atoms with Gasteiger partial charge in [0.1, 0.15) is 5.82 Å².